The highest BCUT2D eigenvalue weighted by Crippen LogP contribution is 2.28. The normalized spacial score (nSPS) is 28.5. The first kappa shape index (κ1) is 14.5. The molecule has 1 N–H and O–H groups in total. The molecule has 2 atom stereocenters. The molecule has 3 heteroatoms. The average molecular weight is 264 g/mol. The lowest BCUT2D eigenvalue weighted by Gasteiger charge is -2.46. The van der Waals surface area contributed by atoms with E-state index in [-0.39, 0.29) is 12.2 Å². The van der Waals surface area contributed by atoms with Crippen LogP contribution >= 0.6 is 0 Å². The molecular weight excluding hydrogens is 239 g/mol. The largest absolute Gasteiger partial charge is 0.308 e. The van der Waals surface area contributed by atoms with Crippen LogP contribution in [0.25, 0.3) is 0 Å². The van der Waals surface area contributed by atoms with Gasteiger partial charge >= 0.3 is 0 Å². The van der Waals surface area contributed by atoms with Crippen LogP contribution in [0.2, 0.25) is 0 Å². The molecule has 2 rings (SSSR count). The van der Waals surface area contributed by atoms with Gasteiger partial charge in [-0.1, -0.05) is 37.3 Å². The molecule has 1 aromatic carbocycles. The van der Waals surface area contributed by atoms with Crippen LogP contribution in [-0.2, 0) is 0 Å². The van der Waals surface area contributed by atoms with E-state index in [2.05, 4.69) is 48.3 Å². The third-order valence-electron chi connectivity index (χ3n) is 4.26. The highest BCUT2D eigenvalue weighted by atomic mass is 19.1. The predicted octanol–water partition coefficient (Wildman–Crippen LogP) is 3.16. The molecule has 106 valence electrons. The van der Waals surface area contributed by atoms with Crippen molar-refractivity contribution in [3.8, 4) is 0 Å². The molecule has 1 fully saturated rings. The van der Waals surface area contributed by atoms with Crippen molar-refractivity contribution in [3.63, 3.8) is 0 Å². The van der Waals surface area contributed by atoms with Gasteiger partial charge in [0.1, 0.15) is 0 Å². The molecule has 0 saturated carbocycles. The number of benzene rings is 1. The third kappa shape index (κ3) is 3.54. The van der Waals surface area contributed by atoms with E-state index >= 15 is 0 Å². The molecule has 0 radical (unpaired) electrons. The fraction of sp³-hybridized carbons (Fsp3) is 0.625. The lowest BCUT2D eigenvalue weighted by atomic mass is 9.91. The Morgan fingerprint density at radius 1 is 1.37 bits per heavy atom. The lowest BCUT2D eigenvalue weighted by molar-refractivity contribution is 0.0811. The number of halogens is 1. The molecule has 1 aromatic rings. The van der Waals surface area contributed by atoms with Gasteiger partial charge in [-0.3, -0.25) is 9.29 Å². The van der Waals surface area contributed by atoms with Gasteiger partial charge in [-0.25, -0.2) is 0 Å². The van der Waals surface area contributed by atoms with Gasteiger partial charge in [0.2, 0.25) is 0 Å². The van der Waals surface area contributed by atoms with Crippen LogP contribution in [0.5, 0.6) is 0 Å². The highest BCUT2D eigenvalue weighted by Gasteiger charge is 2.34. The Bertz CT molecular complexity index is 382. The summed E-state index contributed by atoms with van der Waals surface area (Å²) in [6.07, 6.45) is 1.73. The van der Waals surface area contributed by atoms with E-state index in [1.165, 1.54) is 5.56 Å². The monoisotopic (exact) mass is 264 g/mol. The number of hydrogen-bond donors (Lipinski definition) is 1. The van der Waals surface area contributed by atoms with Crippen molar-refractivity contribution in [1.82, 2.24) is 10.2 Å². The summed E-state index contributed by atoms with van der Waals surface area (Å²) in [4.78, 5) is 2.44. The summed E-state index contributed by atoms with van der Waals surface area (Å²) in [5.41, 5.74) is 1.48. The second kappa shape index (κ2) is 6.49. The van der Waals surface area contributed by atoms with Crippen LogP contribution in [0.3, 0.4) is 0 Å². The number of nitrogens with one attached hydrogen (secondary N) is 1. The van der Waals surface area contributed by atoms with Crippen molar-refractivity contribution in [2.45, 2.75) is 38.3 Å². The van der Waals surface area contributed by atoms with Crippen LogP contribution in [-0.4, -0.2) is 36.7 Å². The molecule has 0 bridgehead atoms. The van der Waals surface area contributed by atoms with Crippen LogP contribution in [0.1, 0.15) is 38.3 Å². The van der Waals surface area contributed by atoms with E-state index in [0.29, 0.717) is 12.5 Å². The average Bonchev–Trinajstić information content (AvgIpc) is 2.46. The maximum absolute atomic E-state index is 12.5. The van der Waals surface area contributed by atoms with Crippen LogP contribution < -0.4 is 5.32 Å². The van der Waals surface area contributed by atoms with E-state index in [4.69, 9.17) is 0 Å². The van der Waals surface area contributed by atoms with Gasteiger partial charge in [-0.15, -0.1) is 0 Å². The molecule has 19 heavy (non-hydrogen) atoms. The summed E-state index contributed by atoms with van der Waals surface area (Å²) in [5.74, 6) is 0. The minimum Gasteiger partial charge on any atom is -0.308 e. The van der Waals surface area contributed by atoms with Gasteiger partial charge in [-0.05, 0) is 25.3 Å². The molecule has 0 aliphatic carbocycles. The van der Waals surface area contributed by atoms with Gasteiger partial charge in [0.05, 0.1) is 6.67 Å². The summed E-state index contributed by atoms with van der Waals surface area (Å²) in [5, 5.41) is 3.66. The zero-order valence-corrected chi connectivity index (χ0v) is 12.0. The Kier molecular flexibility index (Phi) is 4.94. The first-order chi connectivity index (χ1) is 9.18. The van der Waals surface area contributed by atoms with E-state index in [9.17, 15) is 4.39 Å². The number of piperazine rings is 1. The van der Waals surface area contributed by atoms with Gasteiger partial charge in [-0.2, -0.15) is 0 Å². The standard InChI is InChI=1S/C16H25FN2/c1-3-16(2)13-19(11-7-10-17)15(12-18-16)14-8-5-4-6-9-14/h4-6,8-9,15,18H,3,7,10-13H2,1-2H3. The van der Waals surface area contributed by atoms with Crippen molar-refractivity contribution < 1.29 is 4.39 Å². The molecule has 1 aliphatic heterocycles. The van der Waals surface area contributed by atoms with Crippen LogP contribution in [0.15, 0.2) is 30.3 Å². The Morgan fingerprint density at radius 2 is 2.11 bits per heavy atom. The van der Waals surface area contributed by atoms with Crippen molar-refractivity contribution in [2.75, 3.05) is 26.3 Å². The quantitative estimate of drug-likeness (QED) is 0.879. The van der Waals surface area contributed by atoms with Gasteiger partial charge < -0.3 is 5.32 Å². The first-order valence-electron chi connectivity index (χ1n) is 7.28. The number of rotatable bonds is 5. The van der Waals surface area contributed by atoms with E-state index in [0.717, 1.165) is 26.1 Å². The van der Waals surface area contributed by atoms with E-state index in [1.807, 2.05) is 6.07 Å². The van der Waals surface area contributed by atoms with Crippen molar-refractivity contribution in [2.24, 2.45) is 0 Å². The second-order valence-electron chi connectivity index (χ2n) is 5.73. The fourth-order valence-electron chi connectivity index (χ4n) is 2.82. The first-order valence-corrected chi connectivity index (χ1v) is 7.28. The number of nitrogens with zero attached hydrogens (tertiary/aromatic N) is 1. The molecule has 0 spiro atoms. The van der Waals surface area contributed by atoms with Crippen molar-refractivity contribution in [3.05, 3.63) is 35.9 Å². The Morgan fingerprint density at radius 3 is 2.74 bits per heavy atom. The highest BCUT2D eigenvalue weighted by molar-refractivity contribution is 5.20. The topological polar surface area (TPSA) is 15.3 Å². The number of hydrogen-bond acceptors (Lipinski definition) is 2. The molecule has 1 saturated heterocycles. The predicted molar refractivity (Wildman–Crippen MR) is 78.0 cm³/mol. The molecule has 1 heterocycles. The zero-order chi connectivity index (χ0) is 13.7. The molecule has 0 aromatic heterocycles. The van der Waals surface area contributed by atoms with Gasteiger partial charge in [0.25, 0.3) is 0 Å². The molecule has 0 amide bonds. The summed E-state index contributed by atoms with van der Waals surface area (Å²) in [6, 6.07) is 10.9. The summed E-state index contributed by atoms with van der Waals surface area (Å²) in [6.45, 7) is 7.02. The third-order valence-corrected chi connectivity index (χ3v) is 4.26. The molecular formula is C16H25FN2. The maximum Gasteiger partial charge on any atom is 0.0906 e. The Hall–Kier alpha value is -0.930. The zero-order valence-electron chi connectivity index (χ0n) is 12.0. The fourth-order valence-corrected chi connectivity index (χ4v) is 2.82. The summed E-state index contributed by atoms with van der Waals surface area (Å²) >= 11 is 0. The summed E-state index contributed by atoms with van der Waals surface area (Å²) < 4.78 is 12.5. The molecule has 2 unspecified atom stereocenters. The van der Waals surface area contributed by atoms with E-state index in [1.54, 1.807) is 0 Å². The minimum atomic E-state index is -0.228. The Balaban J connectivity index is 2.13. The maximum atomic E-state index is 12.5. The van der Waals surface area contributed by atoms with Crippen molar-refractivity contribution >= 4 is 0 Å². The smallest absolute Gasteiger partial charge is 0.0906 e. The van der Waals surface area contributed by atoms with E-state index < -0.39 is 0 Å². The Labute approximate surface area is 116 Å². The second-order valence-corrected chi connectivity index (χ2v) is 5.73. The minimum absolute atomic E-state index is 0.154. The molecule has 1 aliphatic rings. The SMILES string of the molecule is CCC1(C)CN(CCCF)C(c2ccccc2)CN1. The number of alkyl halides is 1. The lowest BCUT2D eigenvalue weighted by Crippen LogP contribution is -2.59. The molecule has 2 nitrogen and oxygen atoms in total. The summed E-state index contributed by atoms with van der Waals surface area (Å²) in [7, 11) is 0. The van der Waals surface area contributed by atoms with Gasteiger partial charge in [0, 0.05) is 31.2 Å². The van der Waals surface area contributed by atoms with Crippen molar-refractivity contribution in [1.29, 1.82) is 0 Å². The van der Waals surface area contributed by atoms with Crippen LogP contribution in [0, 0.1) is 0 Å². The van der Waals surface area contributed by atoms with Crippen LogP contribution in [0.4, 0.5) is 4.39 Å². The van der Waals surface area contributed by atoms with Gasteiger partial charge in [0.15, 0.2) is 0 Å².